The predicted molar refractivity (Wildman–Crippen MR) is 123 cm³/mol. The van der Waals surface area contributed by atoms with E-state index < -0.39 is 59.3 Å². The van der Waals surface area contributed by atoms with E-state index in [-0.39, 0.29) is 25.4 Å². The fourth-order valence-corrected chi connectivity index (χ4v) is 4.32. The van der Waals surface area contributed by atoms with Gasteiger partial charge in [0.25, 0.3) is 6.29 Å². The number of aliphatic hydroxyl groups is 1. The molecular formula is C24H33ClO10. The van der Waals surface area contributed by atoms with Gasteiger partial charge in [-0.05, 0) is 31.4 Å². The smallest absolute Gasteiger partial charge is 0.310 e. The Hall–Kier alpha value is -2.59. The molecule has 35 heavy (non-hydrogen) atoms. The van der Waals surface area contributed by atoms with Crippen molar-refractivity contribution >= 4 is 35.5 Å². The number of rotatable bonds is 10. The highest BCUT2D eigenvalue weighted by Crippen LogP contribution is 2.47. The molecular weight excluding hydrogens is 484 g/mol. The Kier molecular flexibility index (Phi) is 9.36. The Morgan fingerprint density at radius 2 is 1.80 bits per heavy atom. The first kappa shape index (κ1) is 28.6. The maximum absolute atomic E-state index is 12.7. The maximum Gasteiger partial charge on any atom is 0.310 e. The molecule has 10 nitrogen and oxygen atoms in total. The summed E-state index contributed by atoms with van der Waals surface area (Å²) in [6.07, 6.45) is 0.104. The van der Waals surface area contributed by atoms with Crippen molar-refractivity contribution in [2.75, 3.05) is 12.5 Å². The van der Waals surface area contributed by atoms with Gasteiger partial charge in [0, 0.05) is 25.8 Å². The van der Waals surface area contributed by atoms with E-state index >= 15 is 0 Å². The zero-order chi connectivity index (χ0) is 26.6. The van der Waals surface area contributed by atoms with Crippen molar-refractivity contribution < 1.29 is 48.0 Å². The van der Waals surface area contributed by atoms with Crippen LogP contribution in [0.1, 0.15) is 54.4 Å². The lowest BCUT2D eigenvalue weighted by Crippen LogP contribution is -2.54. The van der Waals surface area contributed by atoms with Crippen LogP contribution in [0.4, 0.5) is 0 Å². The van der Waals surface area contributed by atoms with Gasteiger partial charge in [0.1, 0.15) is 17.8 Å². The highest BCUT2D eigenvalue weighted by Gasteiger charge is 2.58. The molecule has 0 aromatic heterocycles. The van der Waals surface area contributed by atoms with Gasteiger partial charge in [-0.3, -0.25) is 19.2 Å². The highest BCUT2D eigenvalue weighted by atomic mass is 35.5. The number of hydrogen-bond donors (Lipinski definition) is 1. The molecule has 1 aliphatic heterocycles. The summed E-state index contributed by atoms with van der Waals surface area (Å²) in [5, 5.41) is 11.6. The van der Waals surface area contributed by atoms with Gasteiger partial charge in [-0.25, -0.2) is 0 Å². The SMILES string of the molecule is CC(=O)OCC1=COC(OC(=O)CC(C)C)C2C1=CC(OC(=O)CC(C)(C)OC(C)=O)C2(O)CCl. The van der Waals surface area contributed by atoms with E-state index in [1.54, 1.807) is 13.8 Å². The minimum atomic E-state index is -1.91. The van der Waals surface area contributed by atoms with Crippen LogP contribution >= 0.6 is 11.6 Å². The minimum absolute atomic E-state index is 0.0286. The van der Waals surface area contributed by atoms with Crippen molar-refractivity contribution in [2.45, 2.75) is 78.0 Å². The van der Waals surface area contributed by atoms with Crippen molar-refractivity contribution in [1.29, 1.82) is 0 Å². The molecule has 0 aromatic carbocycles. The second-order valence-corrected chi connectivity index (χ2v) is 9.95. The molecule has 1 heterocycles. The van der Waals surface area contributed by atoms with Gasteiger partial charge in [0.2, 0.25) is 0 Å². The van der Waals surface area contributed by atoms with Crippen molar-refractivity contribution in [2.24, 2.45) is 11.8 Å². The first-order chi connectivity index (χ1) is 16.2. The summed E-state index contributed by atoms with van der Waals surface area (Å²) >= 11 is 6.17. The zero-order valence-corrected chi connectivity index (χ0v) is 21.5. The van der Waals surface area contributed by atoms with Crippen molar-refractivity contribution in [3.8, 4) is 0 Å². The number of carbonyl (C=O) groups excluding carboxylic acids is 4. The van der Waals surface area contributed by atoms with E-state index in [0.29, 0.717) is 11.1 Å². The summed E-state index contributed by atoms with van der Waals surface area (Å²) in [6, 6.07) is 0. The molecule has 2 rings (SSSR count). The second kappa shape index (κ2) is 11.4. The van der Waals surface area contributed by atoms with Gasteiger partial charge < -0.3 is 28.8 Å². The second-order valence-electron chi connectivity index (χ2n) is 9.68. The molecule has 0 spiro atoms. The summed E-state index contributed by atoms with van der Waals surface area (Å²) in [4.78, 5) is 47.7. The first-order valence-electron chi connectivity index (χ1n) is 11.3. The van der Waals surface area contributed by atoms with Gasteiger partial charge in [0.15, 0.2) is 6.10 Å². The number of esters is 4. The maximum atomic E-state index is 12.7. The summed E-state index contributed by atoms with van der Waals surface area (Å²) in [5.41, 5.74) is -2.24. The molecule has 0 fully saturated rings. The predicted octanol–water partition coefficient (Wildman–Crippen LogP) is 2.55. The van der Waals surface area contributed by atoms with Crippen molar-refractivity contribution in [3.05, 3.63) is 23.5 Å². The molecule has 1 aliphatic carbocycles. The summed E-state index contributed by atoms with van der Waals surface area (Å²) < 4.78 is 26.9. The average molecular weight is 517 g/mol. The monoisotopic (exact) mass is 516 g/mol. The molecule has 0 saturated heterocycles. The summed E-state index contributed by atoms with van der Waals surface area (Å²) in [5.74, 6) is -3.77. The van der Waals surface area contributed by atoms with E-state index in [1.807, 2.05) is 13.8 Å². The third-order valence-electron chi connectivity index (χ3n) is 5.40. The lowest BCUT2D eigenvalue weighted by atomic mass is 9.82. The third-order valence-corrected chi connectivity index (χ3v) is 5.83. The van der Waals surface area contributed by atoms with Crippen LogP contribution in [0.15, 0.2) is 23.5 Å². The number of ether oxygens (including phenoxy) is 5. The van der Waals surface area contributed by atoms with Gasteiger partial charge in [-0.2, -0.15) is 0 Å². The van der Waals surface area contributed by atoms with E-state index in [1.165, 1.54) is 26.2 Å². The minimum Gasteiger partial charge on any atom is -0.461 e. The van der Waals surface area contributed by atoms with Crippen LogP contribution in [0, 0.1) is 11.8 Å². The molecule has 4 unspecified atom stereocenters. The van der Waals surface area contributed by atoms with Crippen LogP contribution < -0.4 is 0 Å². The Morgan fingerprint density at radius 1 is 1.14 bits per heavy atom. The standard InChI is InChI=1S/C24H33ClO10/c1-13(2)7-19(28)34-22-21-17(16(11-32-22)10-31-14(3)26)8-18(24(21,30)12-25)33-20(29)9-23(5,6)35-15(4)27/h8,11,13,18,21-22,30H,7,9-10,12H2,1-6H3. The molecule has 0 aromatic rings. The molecule has 0 radical (unpaired) electrons. The van der Waals surface area contributed by atoms with Crippen molar-refractivity contribution in [1.82, 2.24) is 0 Å². The number of carbonyl (C=O) groups is 4. The van der Waals surface area contributed by atoms with Crippen LogP contribution in [0.2, 0.25) is 0 Å². The normalized spacial score (nSPS) is 25.6. The molecule has 2 aliphatic rings. The number of fused-ring (bicyclic) bond motifs is 1. The molecule has 11 heteroatoms. The van der Waals surface area contributed by atoms with Gasteiger partial charge in [0.05, 0.1) is 24.5 Å². The van der Waals surface area contributed by atoms with Gasteiger partial charge in [-0.1, -0.05) is 13.8 Å². The van der Waals surface area contributed by atoms with E-state index in [4.69, 9.17) is 35.3 Å². The molecule has 0 amide bonds. The Morgan fingerprint density at radius 3 is 2.34 bits per heavy atom. The number of halogens is 1. The molecule has 196 valence electrons. The molecule has 4 atom stereocenters. The Labute approximate surface area is 209 Å². The van der Waals surface area contributed by atoms with E-state index in [0.717, 1.165) is 0 Å². The van der Waals surface area contributed by atoms with Crippen LogP contribution in [0.3, 0.4) is 0 Å². The van der Waals surface area contributed by atoms with Gasteiger partial charge in [-0.15, -0.1) is 11.6 Å². The quantitative estimate of drug-likeness (QED) is 0.262. The first-order valence-corrected chi connectivity index (χ1v) is 11.8. The molecule has 0 bridgehead atoms. The number of alkyl halides is 1. The van der Waals surface area contributed by atoms with E-state index in [9.17, 15) is 24.3 Å². The summed E-state index contributed by atoms with van der Waals surface area (Å²) in [6.45, 7) is 9.09. The van der Waals surface area contributed by atoms with Crippen LogP contribution in [-0.4, -0.2) is 65.1 Å². The largest absolute Gasteiger partial charge is 0.461 e. The Balaban J connectivity index is 2.34. The average Bonchev–Trinajstić information content (AvgIpc) is 2.98. The summed E-state index contributed by atoms with van der Waals surface area (Å²) in [7, 11) is 0. The van der Waals surface area contributed by atoms with Crippen LogP contribution in [0.5, 0.6) is 0 Å². The fourth-order valence-electron chi connectivity index (χ4n) is 4.00. The van der Waals surface area contributed by atoms with Crippen molar-refractivity contribution in [3.63, 3.8) is 0 Å². The molecule has 1 N–H and O–H groups in total. The van der Waals surface area contributed by atoms with Crippen LogP contribution in [-0.2, 0) is 42.9 Å². The zero-order valence-electron chi connectivity index (χ0n) is 20.8. The highest BCUT2D eigenvalue weighted by molar-refractivity contribution is 6.18. The lowest BCUT2D eigenvalue weighted by molar-refractivity contribution is -0.204. The Bertz CT molecular complexity index is 906. The van der Waals surface area contributed by atoms with Crippen LogP contribution in [0.25, 0.3) is 0 Å². The fraction of sp³-hybridized carbons (Fsp3) is 0.667. The number of hydrogen-bond acceptors (Lipinski definition) is 10. The van der Waals surface area contributed by atoms with Gasteiger partial charge >= 0.3 is 23.9 Å². The van der Waals surface area contributed by atoms with E-state index in [2.05, 4.69) is 0 Å². The lowest BCUT2D eigenvalue weighted by Gasteiger charge is -2.39. The topological polar surface area (TPSA) is 135 Å². The molecule has 0 saturated carbocycles. The third kappa shape index (κ3) is 7.44.